The van der Waals surface area contributed by atoms with Crippen molar-refractivity contribution in [3.63, 3.8) is 0 Å². The van der Waals surface area contributed by atoms with E-state index in [0.29, 0.717) is 20.4 Å². The van der Waals surface area contributed by atoms with Crippen molar-refractivity contribution in [3.05, 3.63) is 195 Å². The molecule has 1 atom stereocenters. The molecule has 0 radical (unpaired) electrons. The Morgan fingerprint density at radius 3 is 1.30 bits per heavy atom. The predicted molar refractivity (Wildman–Crippen MR) is 264 cm³/mol. The highest BCUT2D eigenvalue weighted by Crippen LogP contribution is 2.38. The van der Waals surface area contributed by atoms with Gasteiger partial charge in [0.15, 0.2) is 0 Å². The molecule has 0 aliphatic carbocycles. The van der Waals surface area contributed by atoms with Crippen molar-refractivity contribution in [1.29, 1.82) is 0 Å². The van der Waals surface area contributed by atoms with Crippen LogP contribution in [0.15, 0.2) is 158 Å². The van der Waals surface area contributed by atoms with Crippen LogP contribution in [0.25, 0.3) is 90.9 Å². The van der Waals surface area contributed by atoms with Gasteiger partial charge in [0.25, 0.3) is 5.91 Å². The maximum atomic E-state index is 13.6. The van der Waals surface area contributed by atoms with Gasteiger partial charge in [-0.2, -0.15) is 0 Å². The van der Waals surface area contributed by atoms with Crippen molar-refractivity contribution < 1.29 is 19.8 Å². The number of hydrogen-bond donors (Lipinski definition) is 5. The number of carbonyl (C=O) groups excluding carboxylic acids is 1. The number of aromatic nitrogens is 4. The molecule has 5 aromatic carbocycles. The molecule has 1 amide bonds. The lowest BCUT2D eigenvalue weighted by atomic mass is 10.0. The number of amides is 1. The number of phenolic OH excluding ortho intramolecular Hbond substituents is 1. The quantitative estimate of drug-likeness (QED) is 0.0912. The van der Waals surface area contributed by atoms with Gasteiger partial charge in [-0.05, 0) is 123 Å². The topological polar surface area (TPSA) is 144 Å². The highest BCUT2D eigenvalue weighted by atomic mass is 127. The lowest BCUT2D eigenvalue weighted by Gasteiger charge is -2.15. The number of aromatic amines is 2. The van der Waals surface area contributed by atoms with Gasteiger partial charge in [-0.1, -0.05) is 109 Å². The van der Waals surface area contributed by atoms with Gasteiger partial charge in [0.2, 0.25) is 0 Å². The fraction of sp³-hybridized carbons (Fsp3) is 0.0370. The summed E-state index contributed by atoms with van der Waals surface area (Å²) in [5, 5.41) is 22.7. The first-order chi connectivity index (χ1) is 31.3. The minimum absolute atomic E-state index is 0.0509. The molecular weight excluding hydrogens is 910 g/mol. The number of nitrogens with one attached hydrogen (secondary N) is 3. The van der Waals surface area contributed by atoms with Crippen molar-refractivity contribution in [3.8, 4) is 50.3 Å². The zero-order valence-corrected chi connectivity index (χ0v) is 36.2. The molecule has 10 rings (SSSR count). The number of phenols is 1. The lowest BCUT2D eigenvalue weighted by Crippen LogP contribution is -2.42. The lowest BCUT2D eigenvalue weighted by molar-refractivity contribution is -0.139. The van der Waals surface area contributed by atoms with Crippen LogP contribution in [0.1, 0.15) is 38.7 Å². The van der Waals surface area contributed by atoms with Crippen molar-refractivity contribution >= 4 is 80.8 Å². The van der Waals surface area contributed by atoms with Crippen molar-refractivity contribution in [2.24, 2.45) is 0 Å². The number of carbonyl (C=O) groups is 2. The van der Waals surface area contributed by atoms with E-state index in [0.717, 1.165) is 83.7 Å². The Balaban J connectivity index is 1.18. The minimum atomic E-state index is -1.18. The van der Waals surface area contributed by atoms with E-state index < -0.39 is 17.9 Å². The second kappa shape index (κ2) is 17.1. The average molecular weight is 948 g/mol. The maximum Gasteiger partial charge on any atom is 0.326 e. The summed E-state index contributed by atoms with van der Waals surface area (Å²) in [6.07, 6.45) is 8.26. The molecule has 8 aromatic rings. The molecule has 3 aromatic heterocycles. The number of aromatic hydroxyl groups is 1. The average Bonchev–Trinajstić information content (AvgIpc) is 4.17. The summed E-state index contributed by atoms with van der Waals surface area (Å²) >= 11 is 1.99. The number of H-pyrrole nitrogens is 2. The molecule has 0 spiro atoms. The standard InChI is InChI=1S/C54H38IN5O4/c55-38-30-32(16-29-48(38)61)31-47(54(63)64)60-53(62)37-19-17-36(18-20-37)52-45-27-25-43(58-45)50(34-12-6-2-7-13-34)41-23-21-39(56-41)49(33-10-4-1-5-11-33)40-22-24-42(57-40)51(35-14-8-3-9-15-35)44-26-28-46(52)59-44/h1-30,47,56,59,61H,31H2,(H,60,62)(H,63,64)/t47-/m0/s1. The normalized spacial score (nSPS) is 12.3. The second-order valence-electron chi connectivity index (χ2n) is 15.5. The third-order valence-corrected chi connectivity index (χ3v) is 12.3. The van der Waals surface area contributed by atoms with E-state index in [1.165, 1.54) is 6.07 Å². The SMILES string of the molecule is O=C(N[C@@H](Cc1ccc(O)c(I)c1)C(=O)O)c1ccc(-c2c3nc(c(-c4ccccc4)c4ccc([nH]4)c(-c4ccccc4)c4nc(c(-c5ccccc5)c5ccc2[nH]5)C=C4)C=C3)cc1. The van der Waals surface area contributed by atoms with Gasteiger partial charge in [0, 0.05) is 56.3 Å². The van der Waals surface area contributed by atoms with Crippen LogP contribution >= 0.6 is 22.6 Å². The smallest absolute Gasteiger partial charge is 0.326 e. The van der Waals surface area contributed by atoms with Crippen molar-refractivity contribution in [2.75, 3.05) is 0 Å². The van der Waals surface area contributed by atoms with E-state index in [1.54, 1.807) is 24.3 Å². The maximum absolute atomic E-state index is 13.6. The van der Waals surface area contributed by atoms with E-state index in [2.05, 4.69) is 82.0 Å². The number of nitrogens with zero attached hydrogens (tertiary/aromatic N) is 2. The van der Waals surface area contributed by atoms with E-state index in [-0.39, 0.29) is 12.2 Å². The van der Waals surface area contributed by atoms with Gasteiger partial charge in [0.1, 0.15) is 11.8 Å². The van der Waals surface area contributed by atoms with E-state index in [9.17, 15) is 19.8 Å². The molecule has 0 saturated carbocycles. The van der Waals surface area contributed by atoms with Crippen LogP contribution < -0.4 is 5.32 Å². The van der Waals surface area contributed by atoms with Gasteiger partial charge < -0.3 is 25.5 Å². The number of carboxylic acid groups (broad SMARTS) is 1. The first-order valence-electron chi connectivity index (χ1n) is 20.7. The number of carboxylic acids is 1. The van der Waals surface area contributed by atoms with Crippen LogP contribution in [-0.2, 0) is 11.2 Å². The molecule has 0 saturated heterocycles. The Bertz CT molecular complexity index is 3300. The highest BCUT2D eigenvalue weighted by Gasteiger charge is 2.23. The summed E-state index contributed by atoms with van der Waals surface area (Å²) < 4.78 is 0.595. The monoisotopic (exact) mass is 947 g/mol. The Kier molecular flexibility index (Phi) is 10.8. The summed E-state index contributed by atoms with van der Waals surface area (Å²) in [6, 6.07) is 49.9. The first-order valence-corrected chi connectivity index (χ1v) is 21.8. The fourth-order valence-electron chi connectivity index (χ4n) is 8.38. The van der Waals surface area contributed by atoms with Crippen LogP contribution in [0.5, 0.6) is 5.75 Å². The Morgan fingerprint density at radius 2 is 0.922 bits per heavy atom. The molecule has 5 N–H and O–H groups in total. The summed E-state index contributed by atoms with van der Waals surface area (Å²) in [7, 11) is 0. The molecule has 2 aliphatic heterocycles. The second-order valence-corrected chi connectivity index (χ2v) is 16.7. The summed E-state index contributed by atoms with van der Waals surface area (Å²) in [5.41, 5.74) is 15.1. The van der Waals surface area contributed by atoms with Crippen LogP contribution in [0.2, 0.25) is 0 Å². The highest BCUT2D eigenvalue weighted by molar-refractivity contribution is 14.1. The number of rotatable bonds is 9. The molecule has 8 bridgehead atoms. The van der Waals surface area contributed by atoms with E-state index in [1.807, 2.05) is 108 Å². The van der Waals surface area contributed by atoms with E-state index in [4.69, 9.17) is 9.97 Å². The van der Waals surface area contributed by atoms with Crippen LogP contribution in [0.3, 0.4) is 0 Å². The molecule has 0 unspecified atom stereocenters. The molecule has 0 fully saturated rings. The molecule has 10 heteroatoms. The molecular formula is C54H38IN5O4. The minimum Gasteiger partial charge on any atom is -0.507 e. The summed E-state index contributed by atoms with van der Waals surface area (Å²) in [6.45, 7) is 0. The molecule has 5 heterocycles. The largest absolute Gasteiger partial charge is 0.507 e. The summed E-state index contributed by atoms with van der Waals surface area (Å²) in [5.74, 6) is -1.57. The van der Waals surface area contributed by atoms with Gasteiger partial charge in [-0.3, -0.25) is 4.79 Å². The van der Waals surface area contributed by atoms with Crippen LogP contribution in [0.4, 0.5) is 0 Å². The van der Waals surface area contributed by atoms with Crippen molar-refractivity contribution in [1.82, 2.24) is 25.3 Å². The number of benzene rings is 5. The fourth-order valence-corrected chi connectivity index (χ4v) is 8.96. The van der Waals surface area contributed by atoms with Crippen molar-refractivity contribution in [2.45, 2.75) is 12.5 Å². The molecule has 64 heavy (non-hydrogen) atoms. The Hall–Kier alpha value is -7.83. The Morgan fingerprint density at radius 1 is 0.531 bits per heavy atom. The Labute approximate surface area is 381 Å². The van der Waals surface area contributed by atoms with Crippen LogP contribution in [-0.4, -0.2) is 48.1 Å². The molecule has 2 aliphatic rings. The number of aliphatic carboxylic acids is 1. The van der Waals surface area contributed by atoms with E-state index >= 15 is 0 Å². The molecule has 9 nitrogen and oxygen atoms in total. The van der Waals surface area contributed by atoms with Gasteiger partial charge in [0.05, 0.1) is 26.3 Å². The first kappa shape index (κ1) is 40.3. The van der Waals surface area contributed by atoms with Gasteiger partial charge >= 0.3 is 5.97 Å². The third kappa shape index (κ3) is 7.91. The predicted octanol–water partition coefficient (Wildman–Crippen LogP) is 12.1. The summed E-state index contributed by atoms with van der Waals surface area (Å²) in [4.78, 5) is 44.2. The number of halogens is 1. The van der Waals surface area contributed by atoms with Gasteiger partial charge in [-0.25, -0.2) is 14.8 Å². The zero-order valence-electron chi connectivity index (χ0n) is 34.1. The molecule has 310 valence electrons. The van der Waals surface area contributed by atoms with Gasteiger partial charge in [-0.15, -0.1) is 0 Å². The zero-order chi connectivity index (χ0) is 43.7. The number of fused-ring (bicyclic) bond motifs is 8. The third-order valence-electron chi connectivity index (χ3n) is 11.4. The van der Waals surface area contributed by atoms with Crippen LogP contribution in [0, 0.1) is 3.57 Å². The number of hydrogen-bond acceptors (Lipinski definition) is 5.